The number of rotatable bonds is 6. The van der Waals surface area contributed by atoms with Crippen molar-refractivity contribution >= 4 is 17.2 Å². The molecule has 112 valence electrons. The second-order valence-electron chi connectivity index (χ2n) is 5.35. The Labute approximate surface area is 124 Å². The fourth-order valence-corrected chi connectivity index (χ4v) is 3.30. The Bertz CT molecular complexity index is 436. The molecule has 1 aliphatic rings. The van der Waals surface area contributed by atoms with Gasteiger partial charge in [0.15, 0.2) is 0 Å². The van der Waals surface area contributed by atoms with Crippen LogP contribution in [-0.2, 0) is 11.2 Å². The smallest absolute Gasteiger partial charge is 0.234 e. The lowest BCUT2D eigenvalue weighted by atomic mass is 10.1. The first-order valence-electron chi connectivity index (χ1n) is 7.21. The number of β-amino-alcohol motifs (C(OH)–C–C–N with tert-alkyl or cyclic N) is 1. The average molecular weight is 297 g/mol. The van der Waals surface area contributed by atoms with Crippen LogP contribution in [0.5, 0.6) is 0 Å². The first kappa shape index (κ1) is 15.4. The van der Waals surface area contributed by atoms with E-state index in [-0.39, 0.29) is 12.0 Å². The number of likely N-dealkylation sites (tertiary alicyclic amines) is 1. The predicted octanol–water partition coefficient (Wildman–Crippen LogP) is 0.957. The minimum absolute atomic E-state index is 0.0557. The highest BCUT2D eigenvalue weighted by Crippen LogP contribution is 2.13. The van der Waals surface area contributed by atoms with Gasteiger partial charge in [0.2, 0.25) is 5.91 Å². The Morgan fingerprint density at radius 2 is 2.50 bits per heavy atom. The SMILES string of the molecule is Cc1ncsc1CCCNC(=O)CN1CCC[C@H](O)C1. The molecule has 2 N–H and O–H groups in total. The minimum atomic E-state index is -0.272. The third kappa shape index (κ3) is 4.85. The molecule has 2 rings (SSSR count). The van der Waals surface area contributed by atoms with E-state index >= 15 is 0 Å². The van der Waals surface area contributed by atoms with Crippen molar-refractivity contribution in [3.63, 3.8) is 0 Å². The summed E-state index contributed by atoms with van der Waals surface area (Å²) < 4.78 is 0. The predicted molar refractivity (Wildman–Crippen MR) is 79.9 cm³/mol. The molecule has 0 unspecified atom stereocenters. The normalized spacial score (nSPS) is 20.0. The molecule has 0 spiro atoms. The Morgan fingerprint density at radius 3 is 3.20 bits per heavy atom. The van der Waals surface area contributed by atoms with Crippen LogP contribution >= 0.6 is 11.3 Å². The number of nitrogens with one attached hydrogen (secondary N) is 1. The van der Waals surface area contributed by atoms with Gasteiger partial charge >= 0.3 is 0 Å². The maximum absolute atomic E-state index is 11.8. The van der Waals surface area contributed by atoms with Crippen molar-refractivity contribution in [2.24, 2.45) is 0 Å². The van der Waals surface area contributed by atoms with Gasteiger partial charge in [0.05, 0.1) is 23.9 Å². The minimum Gasteiger partial charge on any atom is -0.392 e. The van der Waals surface area contributed by atoms with Crippen LogP contribution in [0.2, 0.25) is 0 Å². The summed E-state index contributed by atoms with van der Waals surface area (Å²) >= 11 is 1.68. The zero-order valence-electron chi connectivity index (χ0n) is 12.0. The average Bonchev–Trinajstić information content (AvgIpc) is 2.80. The van der Waals surface area contributed by atoms with E-state index < -0.39 is 0 Å². The highest BCUT2D eigenvalue weighted by molar-refractivity contribution is 7.09. The molecular formula is C14H23N3O2S. The first-order valence-corrected chi connectivity index (χ1v) is 8.09. The molecule has 2 heterocycles. The Morgan fingerprint density at radius 1 is 1.65 bits per heavy atom. The van der Waals surface area contributed by atoms with Crippen LogP contribution < -0.4 is 5.32 Å². The van der Waals surface area contributed by atoms with E-state index in [1.54, 1.807) is 11.3 Å². The van der Waals surface area contributed by atoms with E-state index in [0.717, 1.165) is 37.9 Å². The van der Waals surface area contributed by atoms with E-state index in [4.69, 9.17) is 0 Å². The summed E-state index contributed by atoms with van der Waals surface area (Å²) in [6, 6.07) is 0. The summed E-state index contributed by atoms with van der Waals surface area (Å²) in [6.07, 6.45) is 3.47. The van der Waals surface area contributed by atoms with Crippen molar-refractivity contribution in [1.29, 1.82) is 0 Å². The molecule has 1 aliphatic heterocycles. The fourth-order valence-electron chi connectivity index (χ4n) is 2.48. The number of nitrogens with zero attached hydrogens (tertiary/aromatic N) is 2. The zero-order chi connectivity index (χ0) is 14.4. The van der Waals surface area contributed by atoms with Gasteiger partial charge in [-0.2, -0.15) is 0 Å². The van der Waals surface area contributed by atoms with Crippen molar-refractivity contribution < 1.29 is 9.90 Å². The lowest BCUT2D eigenvalue weighted by molar-refractivity contribution is -0.122. The van der Waals surface area contributed by atoms with Gasteiger partial charge in [-0.25, -0.2) is 4.98 Å². The van der Waals surface area contributed by atoms with Gasteiger partial charge in [-0.3, -0.25) is 9.69 Å². The summed E-state index contributed by atoms with van der Waals surface area (Å²) in [4.78, 5) is 19.3. The highest BCUT2D eigenvalue weighted by Gasteiger charge is 2.19. The molecular weight excluding hydrogens is 274 g/mol. The monoisotopic (exact) mass is 297 g/mol. The number of carbonyl (C=O) groups is 1. The molecule has 1 amide bonds. The van der Waals surface area contributed by atoms with Gasteiger partial charge in [0.25, 0.3) is 0 Å². The van der Waals surface area contributed by atoms with E-state index in [2.05, 4.69) is 10.3 Å². The maximum atomic E-state index is 11.8. The standard InChI is InChI=1S/C14H23N3O2S/c1-11-13(20-10-16-11)5-2-6-15-14(19)9-17-7-3-4-12(18)8-17/h10,12,18H,2-9H2,1H3,(H,15,19)/t12-/m0/s1. The van der Waals surface area contributed by atoms with E-state index in [1.165, 1.54) is 4.88 Å². The molecule has 0 saturated carbocycles. The number of amides is 1. The van der Waals surface area contributed by atoms with Crippen LogP contribution in [0, 0.1) is 6.92 Å². The molecule has 0 aromatic carbocycles. The number of aromatic nitrogens is 1. The van der Waals surface area contributed by atoms with Crippen LogP contribution in [0.25, 0.3) is 0 Å². The number of hydrogen-bond donors (Lipinski definition) is 2. The van der Waals surface area contributed by atoms with Crippen molar-refractivity contribution in [3.05, 3.63) is 16.1 Å². The number of piperidine rings is 1. The zero-order valence-corrected chi connectivity index (χ0v) is 12.8. The van der Waals surface area contributed by atoms with E-state index in [1.807, 2.05) is 17.3 Å². The quantitative estimate of drug-likeness (QED) is 0.768. The Kier molecular flexibility index (Phi) is 5.94. The van der Waals surface area contributed by atoms with Crippen LogP contribution in [0.4, 0.5) is 0 Å². The highest BCUT2D eigenvalue weighted by atomic mass is 32.1. The van der Waals surface area contributed by atoms with Crippen LogP contribution in [0.1, 0.15) is 29.8 Å². The third-order valence-corrected chi connectivity index (χ3v) is 4.59. The van der Waals surface area contributed by atoms with E-state index in [9.17, 15) is 9.90 Å². The number of carbonyl (C=O) groups excluding carboxylic acids is 1. The summed E-state index contributed by atoms with van der Waals surface area (Å²) in [6.45, 7) is 4.65. The Balaban J connectivity index is 1.59. The lowest BCUT2D eigenvalue weighted by Gasteiger charge is -2.29. The first-order chi connectivity index (χ1) is 9.65. The van der Waals surface area contributed by atoms with Gasteiger partial charge in [0.1, 0.15) is 0 Å². The van der Waals surface area contributed by atoms with E-state index in [0.29, 0.717) is 19.6 Å². The fraction of sp³-hybridized carbons (Fsp3) is 0.714. The molecule has 1 fully saturated rings. The lowest BCUT2D eigenvalue weighted by Crippen LogP contribution is -2.44. The van der Waals surface area contributed by atoms with Crippen LogP contribution in [-0.4, -0.2) is 53.2 Å². The van der Waals surface area contributed by atoms with Gasteiger partial charge in [-0.1, -0.05) is 0 Å². The molecule has 1 atom stereocenters. The molecule has 1 aromatic heterocycles. The van der Waals surface area contributed by atoms with Crippen LogP contribution in [0.3, 0.4) is 0 Å². The molecule has 6 heteroatoms. The third-order valence-electron chi connectivity index (χ3n) is 3.60. The second-order valence-corrected chi connectivity index (χ2v) is 6.28. The van der Waals surface area contributed by atoms with Crippen molar-refractivity contribution in [1.82, 2.24) is 15.2 Å². The number of aliphatic hydroxyl groups is 1. The number of aryl methyl sites for hydroxylation is 2. The topological polar surface area (TPSA) is 65.5 Å². The van der Waals surface area contributed by atoms with Gasteiger partial charge < -0.3 is 10.4 Å². The van der Waals surface area contributed by atoms with Gasteiger partial charge in [0, 0.05) is 18.0 Å². The molecule has 0 radical (unpaired) electrons. The molecule has 0 bridgehead atoms. The number of aliphatic hydroxyl groups excluding tert-OH is 1. The summed E-state index contributed by atoms with van der Waals surface area (Å²) in [7, 11) is 0. The summed E-state index contributed by atoms with van der Waals surface area (Å²) in [5, 5.41) is 12.5. The van der Waals surface area contributed by atoms with Gasteiger partial charge in [-0.15, -0.1) is 11.3 Å². The van der Waals surface area contributed by atoms with Gasteiger partial charge in [-0.05, 0) is 39.2 Å². The number of thiazole rings is 1. The molecule has 1 aromatic rings. The maximum Gasteiger partial charge on any atom is 0.234 e. The Hall–Kier alpha value is -0.980. The molecule has 20 heavy (non-hydrogen) atoms. The summed E-state index contributed by atoms with van der Waals surface area (Å²) in [5.41, 5.74) is 2.97. The molecule has 0 aliphatic carbocycles. The molecule has 1 saturated heterocycles. The second kappa shape index (κ2) is 7.71. The van der Waals surface area contributed by atoms with Crippen molar-refractivity contribution in [2.45, 2.75) is 38.7 Å². The van der Waals surface area contributed by atoms with Crippen molar-refractivity contribution in [2.75, 3.05) is 26.2 Å². The van der Waals surface area contributed by atoms with Crippen LogP contribution in [0.15, 0.2) is 5.51 Å². The largest absolute Gasteiger partial charge is 0.392 e. The number of hydrogen-bond acceptors (Lipinski definition) is 5. The van der Waals surface area contributed by atoms with Crippen molar-refractivity contribution in [3.8, 4) is 0 Å². The summed E-state index contributed by atoms with van der Waals surface area (Å²) in [5.74, 6) is 0.0557. The molecule has 5 nitrogen and oxygen atoms in total.